The predicted molar refractivity (Wildman–Crippen MR) is 112 cm³/mol. The van der Waals surface area contributed by atoms with Gasteiger partial charge in [0.2, 0.25) is 5.91 Å². The van der Waals surface area contributed by atoms with Crippen molar-refractivity contribution in [3.63, 3.8) is 0 Å². The van der Waals surface area contributed by atoms with Crippen LogP contribution in [0.3, 0.4) is 0 Å². The van der Waals surface area contributed by atoms with Crippen LogP contribution in [0.2, 0.25) is 0 Å². The molecule has 3 aromatic carbocycles. The van der Waals surface area contributed by atoms with Gasteiger partial charge in [0, 0.05) is 6.54 Å². The molecule has 0 aliphatic carbocycles. The van der Waals surface area contributed by atoms with Crippen LogP contribution in [-0.2, 0) is 16.1 Å². The van der Waals surface area contributed by atoms with Crippen LogP contribution in [-0.4, -0.2) is 26.7 Å². The molecule has 150 valence electrons. The molecule has 0 aliphatic heterocycles. The number of carbonyl (C=O) groups excluding carboxylic acids is 1. The number of carbonyl (C=O) groups is 1. The van der Waals surface area contributed by atoms with Crippen LogP contribution in [0.5, 0.6) is 11.5 Å². The molecule has 3 rings (SSSR count). The molecule has 1 amide bonds. The standard InChI is InChI=1S/C24H25NO4/c1-27-21-14-13-18(15-22(21)28-2)16-25-23(26)17-29-24(19-9-5-3-6-10-19)20-11-7-4-8-12-20/h3-15,24H,16-17H2,1-2H3,(H,25,26). The van der Waals surface area contributed by atoms with Gasteiger partial charge in [-0.05, 0) is 28.8 Å². The first-order valence-corrected chi connectivity index (χ1v) is 9.40. The van der Waals surface area contributed by atoms with Crippen molar-refractivity contribution >= 4 is 5.91 Å². The molecule has 0 bridgehead atoms. The van der Waals surface area contributed by atoms with Gasteiger partial charge in [-0.25, -0.2) is 0 Å². The highest BCUT2D eigenvalue weighted by atomic mass is 16.5. The maximum Gasteiger partial charge on any atom is 0.246 e. The van der Waals surface area contributed by atoms with Crippen LogP contribution >= 0.6 is 0 Å². The zero-order chi connectivity index (χ0) is 20.5. The molecule has 0 radical (unpaired) electrons. The van der Waals surface area contributed by atoms with Crippen molar-refractivity contribution in [2.24, 2.45) is 0 Å². The lowest BCUT2D eigenvalue weighted by atomic mass is 10.0. The minimum absolute atomic E-state index is 0.0399. The lowest BCUT2D eigenvalue weighted by Crippen LogP contribution is -2.28. The van der Waals surface area contributed by atoms with E-state index in [1.165, 1.54) is 0 Å². The number of nitrogens with one attached hydrogen (secondary N) is 1. The van der Waals surface area contributed by atoms with Crippen molar-refractivity contribution in [2.45, 2.75) is 12.6 Å². The molecule has 0 aliphatic rings. The van der Waals surface area contributed by atoms with Crippen LogP contribution in [0.1, 0.15) is 22.8 Å². The Morgan fingerprint density at radius 1 is 0.828 bits per heavy atom. The Labute approximate surface area is 171 Å². The lowest BCUT2D eigenvalue weighted by molar-refractivity contribution is -0.127. The van der Waals surface area contributed by atoms with Crippen molar-refractivity contribution < 1.29 is 19.0 Å². The average molecular weight is 391 g/mol. The molecular weight excluding hydrogens is 366 g/mol. The van der Waals surface area contributed by atoms with Crippen LogP contribution in [0, 0.1) is 0 Å². The Balaban J connectivity index is 1.61. The van der Waals surface area contributed by atoms with Gasteiger partial charge < -0.3 is 19.5 Å². The number of hydrogen-bond acceptors (Lipinski definition) is 4. The molecule has 5 nitrogen and oxygen atoms in total. The number of rotatable bonds is 9. The average Bonchev–Trinajstić information content (AvgIpc) is 2.79. The minimum Gasteiger partial charge on any atom is -0.493 e. The molecule has 29 heavy (non-hydrogen) atoms. The van der Waals surface area contributed by atoms with Crippen LogP contribution in [0.4, 0.5) is 0 Å². The zero-order valence-corrected chi connectivity index (χ0v) is 16.6. The Hall–Kier alpha value is -3.31. The lowest BCUT2D eigenvalue weighted by Gasteiger charge is -2.19. The van der Waals surface area contributed by atoms with Crippen LogP contribution in [0.15, 0.2) is 78.9 Å². The van der Waals surface area contributed by atoms with E-state index in [4.69, 9.17) is 14.2 Å². The normalized spacial score (nSPS) is 10.6. The number of hydrogen-bond donors (Lipinski definition) is 1. The summed E-state index contributed by atoms with van der Waals surface area (Å²) in [5.74, 6) is 1.10. The second-order valence-corrected chi connectivity index (χ2v) is 6.48. The number of methoxy groups -OCH3 is 2. The number of amides is 1. The summed E-state index contributed by atoms with van der Waals surface area (Å²) >= 11 is 0. The van der Waals surface area contributed by atoms with Gasteiger partial charge in [-0.15, -0.1) is 0 Å². The van der Waals surface area contributed by atoms with Crippen molar-refractivity contribution in [1.82, 2.24) is 5.32 Å². The highest BCUT2D eigenvalue weighted by molar-refractivity contribution is 5.77. The van der Waals surface area contributed by atoms with Gasteiger partial charge in [0.25, 0.3) is 0 Å². The topological polar surface area (TPSA) is 56.8 Å². The number of benzene rings is 3. The van der Waals surface area contributed by atoms with Crippen molar-refractivity contribution in [1.29, 1.82) is 0 Å². The molecule has 5 heteroatoms. The molecule has 0 atom stereocenters. The molecule has 0 saturated heterocycles. The highest BCUT2D eigenvalue weighted by Crippen LogP contribution is 2.28. The third kappa shape index (κ3) is 5.59. The SMILES string of the molecule is COc1ccc(CNC(=O)COC(c2ccccc2)c2ccccc2)cc1OC. The Bertz CT molecular complexity index is 873. The molecule has 0 aromatic heterocycles. The van der Waals surface area contributed by atoms with Crippen molar-refractivity contribution in [3.05, 3.63) is 95.6 Å². The second-order valence-electron chi connectivity index (χ2n) is 6.48. The van der Waals surface area contributed by atoms with E-state index in [9.17, 15) is 4.79 Å². The molecule has 0 saturated carbocycles. The van der Waals surface area contributed by atoms with Gasteiger partial charge in [0.05, 0.1) is 14.2 Å². The molecule has 0 fully saturated rings. The monoisotopic (exact) mass is 391 g/mol. The molecule has 0 heterocycles. The van der Waals surface area contributed by atoms with E-state index >= 15 is 0 Å². The largest absolute Gasteiger partial charge is 0.493 e. The van der Waals surface area contributed by atoms with E-state index in [-0.39, 0.29) is 18.6 Å². The third-order valence-corrected chi connectivity index (χ3v) is 4.52. The molecular formula is C24H25NO4. The fraction of sp³-hybridized carbons (Fsp3) is 0.208. The van der Waals surface area contributed by atoms with E-state index in [1.54, 1.807) is 14.2 Å². The minimum atomic E-state index is -0.302. The van der Waals surface area contributed by atoms with Crippen molar-refractivity contribution in [2.75, 3.05) is 20.8 Å². The van der Waals surface area contributed by atoms with E-state index in [0.29, 0.717) is 18.0 Å². The maximum atomic E-state index is 12.4. The summed E-state index contributed by atoms with van der Waals surface area (Å²) < 4.78 is 16.5. The van der Waals surface area contributed by atoms with E-state index in [1.807, 2.05) is 78.9 Å². The van der Waals surface area contributed by atoms with Crippen molar-refractivity contribution in [3.8, 4) is 11.5 Å². The van der Waals surface area contributed by atoms with E-state index in [2.05, 4.69) is 5.32 Å². The molecule has 3 aromatic rings. The Kier molecular flexibility index (Phi) is 7.25. The van der Waals surface area contributed by atoms with E-state index in [0.717, 1.165) is 16.7 Å². The van der Waals surface area contributed by atoms with Gasteiger partial charge in [0.15, 0.2) is 11.5 Å². The summed E-state index contributed by atoms with van der Waals surface area (Å²) in [6, 6.07) is 25.3. The Morgan fingerprint density at radius 2 is 1.41 bits per heavy atom. The van der Waals surface area contributed by atoms with Crippen LogP contribution < -0.4 is 14.8 Å². The first kappa shape index (κ1) is 20.4. The fourth-order valence-corrected chi connectivity index (χ4v) is 3.04. The van der Waals surface area contributed by atoms with Gasteiger partial charge >= 0.3 is 0 Å². The van der Waals surface area contributed by atoms with Gasteiger partial charge in [-0.1, -0.05) is 66.7 Å². The second kappa shape index (κ2) is 10.3. The summed E-state index contributed by atoms with van der Waals surface area (Å²) in [4.78, 5) is 12.4. The third-order valence-electron chi connectivity index (χ3n) is 4.52. The predicted octanol–water partition coefficient (Wildman–Crippen LogP) is 4.13. The summed E-state index contributed by atoms with van der Waals surface area (Å²) in [7, 11) is 3.17. The quantitative estimate of drug-likeness (QED) is 0.596. The number of ether oxygens (including phenoxy) is 3. The summed E-state index contributed by atoms with van der Waals surface area (Å²) in [5, 5.41) is 2.89. The first-order valence-electron chi connectivity index (χ1n) is 9.40. The van der Waals surface area contributed by atoms with Gasteiger partial charge in [0.1, 0.15) is 12.7 Å². The first-order chi connectivity index (χ1) is 14.2. The van der Waals surface area contributed by atoms with Crippen LogP contribution in [0.25, 0.3) is 0 Å². The summed E-state index contributed by atoms with van der Waals surface area (Å²) in [5.41, 5.74) is 2.93. The van der Waals surface area contributed by atoms with E-state index < -0.39 is 0 Å². The molecule has 0 spiro atoms. The summed E-state index contributed by atoms with van der Waals surface area (Å²) in [6.45, 7) is 0.339. The zero-order valence-electron chi connectivity index (χ0n) is 16.6. The maximum absolute atomic E-state index is 12.4. The summed E-state index contributed by atoms with van der Waals surface area (Å²) in [6.07, 6.45) is -0.302. The fourth-order valence-electron chi connectivity index (χ4n) is 3.04. The molecule has 0 unspecified atom stereocenters. The van der Waals surface area contributed by atoms with Gasteiger partial charge in [-0.3, -0.25) is 4.79 Å². The van der Waals surface area contributed by atoms with Gasteiger partial charge in [-0.2, -0.15) is 0 Å². The highest BCUT2D eigenvalue weighted by Gasteiger charge is 2.16. The smallest absolute Gasteiger partial charge is 0.246 e. The molecule has 1 N–H and O–H groups in total. The Morgan fingerprint density at radius 3 is 1.97 bits per heavy atom.